The van der Waals surface area contributed by atoms with Gasteiger partial charge in [-0.25, -0.2) is 0 Å². The first-order valence-corrected chi connectivity index (χ1v) is 8.80. The van der Waals surface area contributed by atoms with Gasteiger partial charge in [0.15, 0.2) is 0 Å². The Morgan fingerprint density at radius 1 is 1.10 bits per heavy atom. The SMILES string of the molecule is CC1C[C@H]2[C@@H]3CCC4CC(=O)CCC4=C3CC[C@]2(C)C1. The molecule has 0 heterocycles. The largest absolute Gasteiger partial charge is 0.300 e. The Labute approximate surface area is 123 Å². The molecular weight excluding hydrogens is 244 g/mol. The normalized spacial score (nSPS) is 47.8. The van der Waals surface area contributed by atoms with Crippen molar-refractivity contribution in [1.29, 1.82) is 0 Å². The van der Waals surface area contributed by atoms with Gasteiger partial charge in [0.05, 0.1) is 0 Å². The van der Waals surface area contributed by atoms with Crippen molar-refractivity contribution in [3.63, 3.8) is 0 Å². The molecule has 0 aromatic heterocycles. The van der Waals surface area contributed by atoms with Gasteiger partial charge in [-0.2, -0.15) is 0 Å². The fourth-order valence-corrected chi connectivity index (χ4v) is 6.37. The van der Waals surface area contributed by atoms with Crippen molar-refractivity contribution in [1.82, 2.24) is 0 Å². The second kappa shape index (κ2) is 4.45. The average molecular weight is 272 g/mol. The fraction of sp³-hybridized carbons (Fsp3) is 0.842. The Morgan fingerprint density at radius 3 is 2.80 bits per heavy atom. The van der Waals surface area contributed by atoms with Crippen LogP contribution in [0, 0.1) is 29.1 Å². The number of allylic oxidation sites excluding steroid dienone is 2. The Hall–Kier alpha value is -0.590. The van der Waals surface area contributed by atoms with Gasteiger partial charge in [0, 0.05) is 12.8 Å². The first-order valence-electron chi connectivity index (χ1n) is 8.80. The van der Waals surface area contributed by atoms with E-state index in [9.17, 15) is 4.79 Å². The Balaban J connectivity index is 1.68. The summed E-state index contributed by atoms with van der Waals surface area (Å²) in [7, 11) is 0. The summed E-state index contributed by atoms with van der Waals surface area (Å²) in [5.41, 5.74) is 4.22. The van der Waals surface area contributed by atoms with E-state index in [4.69, 9.17) is 0 Å². The average Bonchev–Trinajstić information content (AvgIpc) is 2.72. The van der Waals surface area contributed by atoms with E-state index in [1.807, 2.05) is 5.57 Å². The predicted octanol–water partition coefficient (Wildman–Crippen LogP) is 4.91. The van der Waals surface area contributed by atoms with E-state index in [0.717, 1.165) is 37.0 Å². The van der Waals surface area contributed by atoms with Gasteiger partial charge < -0.3 is 0 Å². The second-order valence-electron chi connectivity index (χ2n) is 8.48. The molecule has 0 aliphatic heterocycles. The van der Waals surface area contributed by atoms with Crippen LogP contribution in [0.15, 0.2) is 11.1 Å². The maximum absolute atomic E-state index is 11.7. The van der Waals surface area contributed by atoms with E-state index < -0.39 is 0 Å². The first kappa shape index (κ1) is 13.1. The van der Waals surface area contributed by atoms with E-state index in [0.29, 0.717) is 17.1 Å². The van der Waals surface area contributed by atoms with Crippen molar-refractivity contribution in [3.8, 4) is 0 Å². The Bertz CT molecular complexity index is 474. The molecule has 2 unspecified atom stereocenters. The lowest BCUT2D eigenvalue weighted by Gasteiger charge is -2.48. The lowest BCUT2D eigenvalue weighted by atomic mass is 9.56. The highest BCUT2D eigenvalue weighted by atomic mass is 16.1. The molecule has 0 aromatic rings. The molecule has 0 amide bonds. The van der Waals surface area contributed by atoms with Crippen LogP contribution in [-0.4, -0.2) is 5.78 Å². The van der Waals surface area contributed by atoms with Gasteiger partial charge in [0.25, 0.3) is 0 Å². The standard InChI is InChI=1S/C19H28O/c1-12-9-18-17-5-3-13-10-14(20)4-6-15(13)16(17)7-8-19(18,2)11-12/h12-13,17-18H,3-11H2,1-2H3/t12?,13?,17-,18+,19-/m1/s1. The molecule has 4 aliphatic rings. The maximum Gasteiger partial charge on any atom is 0.133 e. The predicted molar refractivity (Wildman–Crippen MR) is 81.3 cm³/mol. The van der Waals surface area contributed by atoms with E-state index in [1.165, 1.54) is 38.5 Å². The minimum absolute atomic E-state index is 0.521. The lowest BCUT2D eigenvalue weighted by Crippen LogP contribution is -2.38. The summed E-state index contributed by atoms with van der Waals surface area (Å²) in [5.74, 6) is 3.93. The number of fused-ring (bicyclic) bond motifs is 4. The molecule has 0 N–H and O–H groups in total. The van der Waals surface area contributed by atoms with Crippen molar-refractivity contribution < 1.29 is 4.79 Å². The number of rotatable bonds is 0. The zero-order chi connectivity index (χ0) is 13.9. The summed E-state index contributed by atoms with van der Waals surface area (Å²) in [6.07, 6.45) is 11.2. The van der Waals surface area contributed by atoms with E-state index in [-0.39, 0.29) is 0 Å². The molecule has 4 rings (SSSR count). The van der Waals surface area contributed by atoms with Gasteiger partial charge in [-0.1, -0.05) is 25.0 Å². The van der Waals surface area contributed by atoms with Crippen molar-refractivity contribution in [2.75, 3.05) is 0 Å². The topological polar surface area (TPSA) is 17.1 Å². The van der Waals surface area contributed by atoms with Crippen LogP contribution in [0.5, 0.6) is 0 Å². The minimum Gasteiger partial charge on any atom is -0.300 e. The molecule has 5 atom stereocenters. The van der Waals surface area contributed by atoms with Gasteiger partial charge >= 0.3 is 0 Å². The Kier molecular flexibility index (Phi) is 2.91. The van der Waals surface area contributed by atoms with Gasteiger partial charge in [-0.15, -0.1) is 0 Å². The molecule has 1 heteroatoms. The number of hydrogen-bond acceptors (Lipinski definition) is 1. The molecule has 0 aromatic carbocycles. The number of ketones is 1. The highest BCUT2D eigenvalue weighted by Gasteiger charge is 2.51. The summed E-state index contributed by atoms with van der Waals surface area (Å²) in [5, 5.41) is 0. The van der Waals surface area contributed by atoms with Crippen LogP contribution in [0.25, 0.3) is 0 Å². The number of hydrogen-bond donors (Lipinski definition) is 0. The molecule has 3 fully saturated rings. The van der Waals surface area contributed by atoms with E-state index in [2.05, 4.69) is 13.8 Å². The molecule has 0 bridgehead atoms. The van der Waals surface area contributed by atoms with Crippen molar-refractivity contribution in [2.24, 2.45) is 29.1 Å². The quantitative estimate of drug-likeness (QED) is 0.573. The van der Waals surface area contributed by atoms with Crippen LogP contribution in [-0.2, 0) is 4.79 Å². The maximum atomic E-state index is 11.7. The van der Waals surface area contributed by atoms with Crippen molar-refractivity contribution in [3.05, 3.63) is 11.1 Å². The van der Waals surface area contributed by atoms with Crippen LogP contribution in [0.2, 0.25) is 0 Å². The summed E-state index contributed by atoms with van der Waals surface area (Å²) in [6, 6.07) is 0. The summed E-state index contributed by atoms with van der Waals surface area (Å²) < 4.78 is 0. The van der Waals surface area contributed by atoms with Gasteiger partial charge in [0.1, 0.15) is 5.78 Å². The third-order valence-corrected chi connectivity index (χ3v) is 7.14. The van der Waals surface area contributed by atoms with Crippen molar-refractivity contribution >= 4 is 5.78 Å². The smallest absolute Gasteiger partial charge is 0.133 e. The third-order valence-electron chi connectivity index (χ3n) is 7.14. The highest BCUT2D eigenvalue weighted by molar-refractivity contribution is 5.80. The lowest BCUT2D eigenvalue weighted by molar-refractivity contribution is -0.120. The van der Waals surface area contributed by atoms with Crippen LogP contribution in [0.4, 0.5) is 0 Å². The molecule has 1 nitrogen and oxygen atoms in total. The number of carbonyl (C=O) groups excluding carboxylic acids is 1. The van der Waals surface area contributed by atoms with Crippen LogP contribution in [0.1, 0.15) is 71.6 Å². The molecular formula is C19H28O. The van der Waals surface area contributed by atoms with Crippen LogP contribution >= 0.6 is 0 Å². The zero-order valence-corrected chi connectivity index (χ0v) is 13.1. The molecule has 0 saturated heterocycles. The van der Waals surface area contributed by atoms with E-state index >= 15 is 0 Å². The summed E-state index contributed by atoms with van der Waals surface area (Å²) >= 11 is 0. The van der Waals surface area contributed by atoms with Gasteiger partial charge in [-0.05, 0) is 74.0 Å². The summed E-state index contributed by atoms with van der Waals surface area (Å²) in [4.78, 5) is 11.7. The van der Waals surface area contributed by atoms with Crippen LogP contribution < -0.4 is 0 Å². The molecule has 20 heavy (non-hydrogen) atoms. The first-order chi connectivity index (χ1) is 9.57. The molecule has 0 radical (unpaired) electrons. The Morgan fingerprint density at radius 2 is 1.95 bits per heavy atom. The minimum atomic E-state index is 0.521. The zero-order valence-electron chi connectivity index (χ0n) is 13.1. The third kappa shape index (κ3) is 1.84. The second-order valence-corrected chi connectivity index (χ2v) is 8.48. The van der Waals surface area contributed by atoms with Gasteiger partial charge in [0.2, 0.25) is 0 Å². The molecule has 110 valence electrons. The van der Waals surface area contributed by atoms with E-state index in [1.54, 1.807) is 5.57 Å². The molecule has 0 spiro atoms. The van der Waals surface area contributed by atoms with Gasteiger partial charge in [-0.3, -0.25) is 4.79 Å². The fourth-order valence-electron chi connectivity index (χ4n) is 6.37. The number of carbonyl (C=O) groups is 1. The highest BCUT2D eigenvalue weighted by Crippen LogP contribution is 2.61. The van der Waals surface area contributed by atoms with Crippen molar-refractivity contribution in [2.45, 2.75) is 71.6 Å². The summed E-state index contributed by atoms with van der Waals surface area (Å²) in [6.45, 7) is 5.03. The molecule has 4 aliphatic carbocycles. The monoisotopic (exact) mass is 272 g/mol. The molecule has 3 saturated carbocycles. The number of Topliss-reactive ketones (excluding diaryl/α,β-unsaturated/α-hetero) is 1. The van der Waals surface area contributed by atoms with Crippen LogP contribution in [0.3, 0.4) is 0 Å².